The smallest absolute Gasteiger partial charge is 0.373 e. The van der Waals surface area contributed by atoms with Gasteiger partial charge in [0.2, 0.25) is 6.61 Å². The van der Waals surface area contributed by atoms with E-state index in [9.17, 15) is 19.5 Å². The number of rotatable bonds is 4. The zero-order chi connectivity index (χ0) is 25.0. The third-order valence-electron chi connectivity index (χ3n) is 9.93. The van der Waals surface area contributed by atoms with Gasteiger partial charge in [0, 0.05) is 18.3 Å². The quantitative estimate of drug-likeness (QED) is 0.375. The lowest BCUT2D eigenvalue weighted by molar-refractivity contribution is -0.200. The minimum atomic E-state index is -0.986. The highest BCUT2D eigenvalue weighted by Gasteiger charge is 2.63. The van der Waals surface area contributed by atoms with Gasteiger partial charge in [0.1, 0.15) is 5.60 Å². The molecular weight excluding hydrogens is 448 g/mol. The number of hydrogen-bond acceptors (Lipinski definition) is 7. The molecule has 1 N–H and O–H groups in total. The topological polar surface area (TPSA) is 106 Å². The summed E-state index contributed by atoms with van der Waals surface area (Å²) in [5.74, 6) is 2.46. The fraction of sp³-hybridized carbons (Fsp3) is 0.704. The lowest BCUT2D eigenvalue weighted by Gasteiger charge is -2.58. The fourth-order valence-electron chi connectivity index (χ4n) is 7.85. The Morgan fingerprint density at radius 3 is 2.54 bits per heavy atom. The van der Waals surface area contributed by atoms with Crippen LogP contribution in [-0.4, -0.2) is 45.9 Å². The minimum Gasteiger partial charge on any atom is -0.383 e. The summed E-state index contributed by atoms with van der Waals surface area (Å²) in [6, 6.07) is 0. The van der Waals surface area contributed by atoms with E-state index in [1.54, 1.807) is 0 Å². The monoisotopic (exact) mass is 482 g/mol. The van der Waals surface area contributed by atoms with Crippen LogP contribution in [0.25, 0.3) is 0 Å². The first-order chi connectivity index (χ1) is 16.6. The Labute approximate surface area is 206 Å². The van der Waals surface area contributed by atoms with Gasteiger partial charge in [-0.05, 0) is 80.6 Å². The summed E-state index contributed by atoms with van der Waals surface area (Å²) >= 11 is 0. The highest BCUT2D eigenvalue weighted by atomic mass is 16.7. The summed E-state index contributed by atoms with van der Waals surface area (Å²) in [5.41, 5.74) is 1.08. The maximum absolute atomic E-state index is 11.9. The maximum Gasteiger partial charge on any atom is 0.373 e. The van der Waals surface area contributed by atoms with E-state index in [1.807, 2.05) is 0 Å². The molecule has 0 radical (unpaired) electrons. The number of aliphatic hydroxyl groups is 1. The van der Waals surface area contributed by atoms with E-state index in [0.717, 1.165) is 50.7 Å². The Balaban J connectivity index is 1.23. The number of hydroxylamine groups is 2. The second-order valence-corrected chi connectivity index (χ2v) is 11.4. The van der Waals surface area contributed by atoms with Crippen molar-refractivity contribution in [2.24, 2.45) is 33.7 Å². The van der Waals surface area contributed by atoms with E-state index >= 15 is 0 Å². The van der Waals surface area contributed by atoms with Crippen molar-refractivity contribution in [3.63, 3.8) is 0 Å². The molecule has 1 aliphatic heterocycles. The van der Waals surface area contributed by atoms with Gasteiger partial charge in [0.05, 0.1) is 5.71 Å². The Morgan fingerprint density at radius 2 is 1.83 bits per heavy atom. The zero-order valence-corrected chi connectivity index (χ0v) is 20.5. The minimum absolute atomic E-state index is 0.0498. The van der Waals surface area contributed by atoms with E-state index in [-0.39, 0.29) is 23.7 Å². The van der Waals surface area contributed by atoms with Crippen molar-refractivity contribution in [3.8, 4) is 12.3 Å². The molecule has 0 aromatic rings. The van der Waals surface area contributed by atoms with Gasteiger partial charge in [0.25, 0.3) is 11.8 Å². The molecule has 8 heteroatoms. The predicted octanol–water partition coefficient (Wildman–Crippen LogP) is 3.29. The number of carbonyl (C=O) groups excluding carboxylic acids is 3. The molecule has 188 valence electrons. The Hall–Kier alpha value is -2.66. The molecular formula is C27H34N2O6. The fourth-order valence-corrected chi connectivity index (χ4v) is 7.85. The van der Waals surface area contributed by atoms with Crippen LogP contribution in [0.1, 0.15) is 78.1 Å². The van der Waals surface area contributed by atoms with E-state index in [4.69, 9.17) is 16.1 Å². The van der Waals surface area contributed by atoms with Crippen molar-refractivity contribution in [3.05, 3.63) is 11.6 Å². The molecule has 1 heterocycles. The molecule has 5 aliphatic rings. The van der Waals surface area contributed by atoms with Crippen LogP contribution < -0.4 is 0 Å². The standard InChI is InChI=1S/C27H34N2O6/c1-4-27(33)14-11-21-19-6-5-17-15-18(9-12-25(17,2)20(19)10-13-26(21,27)3)28-34-16-24(32)35-29-22(30)7-8-23(29)31/h1,15,19-21,33H,5-14,16H2,2-3H3/b28-18-/t19-,20+,21+,25-,26-,27+/m0/s1. The first-order valence-electron chi connectivity index (χ1n) is 12.8. The average molecular weight is 483 g/mol. The van der Waals surface area contributed by atoms with Gasteiger partial charge in [-0.15, -0.1) is 11.5 Å². The number of hydrogen-bond donors (Lipinski definition) is 1. The molecule has 1 saturated heterocycles. The van der Waals surface area contributed by atoms with Crippen molar-refractivity contribution in [2.75, 3.05) is 6.61 Å². The number of terminal acetylenes is 1. The number of oxime groups is 1. The van der Waals surface area contributed by atoms with Gasteiger partial charge in [-0.25, -0.2) is 4.79 Å². The molecule has 8 nitrogen and oxygen atoms in total. The Bertz CT molecular complexity index is 1040. The van der Waals surface area contributed by atoms with Crippen LogP contribution in [0, 0.1) is 40.9 Å². The maximum atomic E-state index is 11.9. The first kappa shape index (κ1) is 24.1. The Morgan fingerprint density at radius 1 is 1.11 bits per heavy atom. The molecule has 4 aliphatic carbocycles. The van der Waals surface area contributed by atoms with Crippen molar-refractivity contribution in [1.29, 1.82) is 0 Å². The van der Waals surface area contributed by atoms with Crippen molar-refractivity contribution >= 4 is 23.5 Å². The van der Waals surface area contributed by atoms with Gasteiger partial charge in [-0.1, -0.05) is 30.5 Å². The molecule has 0 unspecified atom stereocenters. The number of imide groups is 1. The number of fused-ring (bicyclic) bond motifs is 5. The van der Waals surface area contributed by atoms with Gasteiger partial charge in [0.15, 0.2) is 0 Å². The number of amides is 2. The van der Waals surface area contributed by atoms with Crippen molar-refractivity contribution in [2.45, 2.75) is 83.7 Å². The van der Waals surface area contributed by atoms with Crippen molar-refractivity contribution in [1.82, 2.24) is 5.06 Å². The molecule has 3 saturated carbocycles. The summed E-state index contributed by atoms with van der Waals surface area (Å²) < 4.78 is 0. The van der Waals surface area contributed by atoms with Gasteiger partial charge in [-0.3, -0.25) is 9.59 Å². The van der Waals surface area contributed by atoms with Crippen LogP contribution >= 0.6 is 0 Å². The highest BCUT2D eigenvalue weighted by molar-refractivity contribution is 6.01. The third kappa shape index (κ3) is 3.70. The SMILES string of the molecule is C#C[C@@]1(O)CC[C@@H]2[C@H]3CCC4=C/C(=N\OCC(=O)ON5C(=O)CCC5=O)CC[C@]4(C)[C@@H]3CC[C@@]21C. The van der Waals surface area contributed by atoms with Crippen LogP contribution in [0.4, 0.5) is 0 Å². The van der Waals surface area contributed by atoms with Crippen LogP contribution in [-0.2, 0) is 24.1 Å². The molecule has 35 heavy (non-hydrogen) atoms. The van der Waals surface area contributed by atoms with E-state index in [1.165, 1.54) is 5.57 Å². The van der Waals surface area contributed by atoms with E-state index in [0.29, 0.717) is 29.2 Å². The molecule has 0 aromatic heterocycles. The summed E-state index contributed by atoms with van der Waals surface area (Å²) in [5, 5.41) is 15.8. The van der Waals surface area contributed by atoms with Gasteiger partial charge in [-0.2, -0.15) is 0 Å². The second kappa shape index (κ2) is 8.48. The molecule has 0 spiro atoms. The van der Waals surface area contributed by atoms with Crippen LogP contribution in [0.3, 0.4) is 0 Å². The van der Waals surface area contributed by atoms with Gasteiger partial charge < -0.3 is 14.8 Å². The molecule has 0 aromatic carbocycles. The zero-order valence-electron chi connectivity index (χ0n) is 20.5. The summed E-state index contributed by atoms with van der Waals surface area (Å²) in [7, 11) is 0. The molecule has 5 rings (SSSR count). The molecule has 2 amide bonds. The van der Waals surface area contributed by atoms with Crippen molar-refractivity contribution < 1.29 is 29.2 Å². The number of allylic oxidation sites excluding steroid dienone is 2. The molecule has 0 bridgehead atoms. The summed E-state index contributed by atoms with van der Waals surface area (Å²) in [6.07, 6.45) is 15.5. The Kier molecular flexibility index (Phi) is 5.83. The number of carbonyl (C=O) groups is 3. The molecule has 4 fully saturated rings. The lowest BCUT2D eigenvalue weighted by atomic mass is 9.46. The third-order valence-corrected chi connectivity index (χ3v) is 9.93. The van der Waals surface area contributed by atoms with Gasteiger partial charge >= 0.3 is 5.97 Å². The summed E-state index contributed by atoms with van der Waals surface area (Å²) in [4.78, 5) is 45.1. The lowest BCUT2D eigenvalue weighted by Crippen LogP contribution is -2.54. The second-order valence-electron chi connectivity index (χ2n) is 11.4. The summed E-state index contributed by atoms with van der Waals surface area (Å²) in [6.45, 7) is 4.11. The number of nitrogens with zero attached hydrogens (tertiary/aromatic N) is 2. The van der Waals surface area contributed by atoms with Crippen LogP contribution in [0.15, 0.2) is 16.8 Å². The average Bonchev–Trinajstić information content (AvgIpc) is 3.29. The highest BCUT2D eigenvalue weighted by Crippen LogP contribution is 2.67. The largest absolute Gasteiger partial charge is 0.383 e. The van der Waals surface area contributed by atoms with E-state index < -0.39 is 30.0 Å². The molecule has 6 atom stereocenters. The predicted molar refractivity (Wildman–Crippen MR) is 126 cm³/mol. The van der Waals surface area contributed by atoms with Crippen LogP contribution in [0.5, 0.6) is 0 Å². The first-order valence-corrected chi connectivity index (χ1v) is 12.8. The normalized spacial score (nSPS) is 41.5. The van der Waals surface area contributed by atoms with Crippen LogP contribution in [0.2, 0.25) is 0 Å². The van der Waals surface area contributed by atoms with E-state index in [2.05, 4.69) is 31.0 Å².